The van der Waals surface area contributed by atoms with Crippen LogP contribution >= 0.6 is 0 Å². The van der Waals surface area contributed by atoms with Crippen molar-refractivity contribution >= 4 is 5.91 Å². The Morgan fingerprint density at radius 2 is 1.87 bits per heavy atom. The van der Waals surface area contributed by atoms with Crippen LogP contribution in [0.25, 0.3) is 0 Å². The maximum atomic E-state index is 12.8. The second-order valence-corrected chi connectivity index (χ2v) is 4.68. The fourth-order valence-electron chi connectivity index (χ4n) is 1.91. The first-order valence-electron chi connectivity index (χ1n) is 6.72. The van der Waals surface area contributed by atoms with Gasteiger partial charge in [0.1, 0.15) is 11.6 Å². The van der Waals surface area contributed by atoms with Crippen molar-refractivity contribution in [3.05, 3.63) is 65.5 Å². The first-order valence-corrected chi connectivity index (χ1v) is 6.72. The summed E-state index contributed by atoms with van der Waals surface area (Å²) in [6, 6.07) is 10.5. The Kier molecular flexibility index (Phi) is 5.59. The molecule has 0 spiro atoms. The molecule has 2 rings (SSSR count). The highest BCUT2D eigenvalue weighted by atomic mass is 19.3. The van der Waals surface area contributed by atoms with Crippen molar-refractivity contribution < 1.29 is 27.8 Å². The summed E-state index contributed by atoms with van der Waals surface area (Å²) in [6.07, 6.45) is -1.10. The van der Waals surface area contributed by atoms with Crippen molar-refractivity contribution in [2.45, 2.75) is 12.7 Å². The smallest absolute Gasteiger partial charge is 0.387 e. The molecule has 1 atom stereocenters. The van der Waals surface area contributed by atoms with E-state index in [1.54, 1.807) is 0 Å². The summed E-state index contributed by atoms with van der Waals surface area (Å²) in [5, 5.41) is 12.5. The summed E-state index contributed by atoms with van der Waals surface area (Å²) in [5.74, 6) is -1.03. The molecule has 1 unspecified atom stereocenters. The van der Waals surface area contributed by atoms with Gasteiger partial charge in [-0.2, -0.15) is 8.78 Å². The Morgan fingerprint density at radius 1 is 1.17 bits per heavy atom. The quantitative estimate of drug-likeness (QED) is 0.858. The largest absolute Gasteiger partial charge is 0.435 e. The summed E-state index contributed by atoms with van der Waals surface area (Å²) in [6.45, 7) is -3.09. The SMILES string of the molecule is O=C(NCC(O)c1cccc(OC(F)F)c1)c1ccc(F)cc1. The summed E-state index contributed by atoms with van der Waals surface area (Å²) in [7, 11) is 0. The van der Waals surface area contributed by atoms with Crippen LogP contribution in [-0.2, 0) is 0 Å². The van der Waals surface area contributed by atoms with Crippen LogP contribution in [0.4, 0.5) is 13.2 Å². The van der Waals surface area contributed by atoms with Gasteiger partial charge in [-0.25, -0.2) is 4.39 Å². The van der Waals surface area contributed by atoms with Gasteiger partial charge in [-0.1, -0.05) is 12.1 Å². The van der Waals surface area contributed by atoms with E-state index in [0.717, 1.165) is 12.1 Å². The Morgan fingerprint density at radius 3 is 2.52 bits per heavy atom. The number of halogens is 3. The van der Waals surface area contributed by atoms with E-state index >= 15 is 0 Å². The number of hydrogen-bond acceptors (Lipinski definition) is 3. The molecule has 0 aromatic heterocycles. The zero-order chi connectivity index (χ0) is 16.8. The molecule has 0 aliphatic rings. The van der Waals surface area contributed by atoms with E-state index in [0.29, 0.717) is 5.56 Å². The van der Waals surface area contributed by atoms with Gasteiger partial charge in [-0.05, 0) is 42.0 Å². The fraction of sp³-hybridized carbons (Fsp3) is 0.188. The highest BCUT2D eigenvalue weighted by Crippen LogP contribution is 2.20. The van der Waals surface area contributed by atoms with E-state index in [2.05, 4.69) is 10.1 Å². The standard InChI is InChI=1S/C16H14F3NO3/c17-12-6-4-10(5-7-12)15(22)20-9-14(21)11-2-1-3-13(8-11)23-16(18)19/h1-8,14,16,21H,9H2,(H,20,22). The molecule has 0 saturated heterocycles. The van der Waals surface area contributed by atoms with Crippen LogP contribution < -0.4 is 10.1 Å². The van der Waals surface area contributed by atoms with Crippen LogP contribution in [0.1, 0.15) is 22.0 Å². The average molecular weight is 325 g/mol. The number of rotatable bonds is 6. The third-order valence-corrected chi connectivity index (χ3v) is 3.03. The molecule has 0 fully saturated rings. The van der Waals surface area contributed by atoms with E-state index in [4.69, 9.17) is 0 Å². The van der Waals surface area contributed by atoms with Gasteiger partial charge >= 0.3 is 6.61 Å². The molecule has 23 heavy (non-hydrogen) atoms. The van der Waals surface area contributed by atoms with Gasteiger partial charge < -0.3 is 15.2 Å². The van der Waals surface area contributed by atoms with Gasteiger partial charge in [0.25, 0.3) is 5.91 Å². The topological polar surface area (TPSA) is 58.6 Å². The Labute approximate surface area is 130 Å². The van der Waals surface area contributed by atoms with Crippen LogP contribution in [0.5, 0.6) is 5.75 Å². The van der Waals surface area contributed by atoms with Crippen LogP contribution in [-0.4, -0.2) is 24.2 Å². The van der Waals surface area contributed by atoms with Crippen molar-refractivity contribution in [2.24, 2.45) is 0 Å². The summed E-state index contributed by atoms with van der Waals surface area (Å²) in [5.41, 5.74) is 0.566. The number of ether oxygens (including phenoxy) is 1. The normalized spacial score (nSPS) is 12.0. The second-order valence-electron chi connectivity index (χ2n) is 4.68. The molecule has 1 amide bonds. The number of carbonyl (C=O) groups is 1. The predicted molar refractivity (Wildman–Crippen MR) is 76.8 cm³/mol. The molecule has 0 radical (unpaired) electrons. The van der Waals surface area contributed by atoms with Crippen molar-refractivity contribution in [2.75, 3.05) is 6.54 Å². The predicted octanol–water partition coefficient (Wildman–Crippen LogP) is 2.89. The zero-order valence-electron chi connectivity index (χ0n) is 11.9. The van der Waals surface area contributed by atoms with Crippen molar-refractivity contribution in [1.29, 1.82) is 0 Å². The molecule has 4 nitrogen and oxygen atoms in total. The maximum absolute atomic E-state index is 12.8. The van der Waals surface area contributed by atoms with Crippen LogP contribution in [0, 0.1) is 5.82 Å². The van der Waals surface area contributed by atoms with Gasteiger partial charge in [-0.3, -0.25) is 4.79 Å². The minimum atomic E-state index is -2.96. The van der Waals surface area contributed by atoms with E-state index in [1.165, 1.54) is 36.4 Å². The molecular formula is C16H14F3NO3. The van der Waals surface area contributed by atoms with Gasteiger partial charge in [0.2, 0.25) is 0 Å². The van der Waals surface area contributed by atoms with Gasteiger partial charge in [0, 0.05) is 12.1 Å². The third kappa shape index (κ3) is 5.00. The lowest BCUT2D eigenvalue weighted by Gasteiger charge is -2.13. The number of amides is 1. The number of alkyl halides is 2. The first-order chi connectivity index (χ1) is 11.0. The molecule has 2 aromatic rings. The summed E-state index contributed by atoms with van der Waals surface area (Å²) < 4.78 is 41.3. The lowest BCUT2D eigenvalue weighted by molar-refractivity contribution is -0.0499. The number of aliphatic hydroxyl groups is 1. The fourth-order valence-corrected chi connectivity index (χ4v) is 1.91. The molecule has 2 aromatic carbocycles. The molecule has 0 aliphatic carbocycles. The molecule has 2 N–H and O–H groups in total. The Bertz CT molecular complexity index is 662. The van der Waals surface area contributed by atoms with Crippen LogP contribution in [0.15, 0.2) is 48.5 Å². The van der Waals surface area contributed by atoms with E-state index in [-0.39, 0.29) is 17.9 Å². The second kappa shape index (κ2) is 7.64. The molecule has 7 heteroatoms. The van der Waals surface area contributed by atoms with Gasteiger partial charge in [0.15, 0.2) is 0 Å². The molecule has 0 heterocycles. The summed E-state index contributed by atoms with van der Waals surface area (Å²) >= 11 is 0. The number of carbonyl (C=O) groups excluding carboxylic acids is 1. The monoisotopic (exact) mass is 325 g/mol. The molecule has 0 saturated carbocycles. The maximum Gasteiger partial charge on any atom is 0.387 e. The Balaban J connectivity index is 1.95. The van der Waals surface area contributed by atoms with Crippen molar-refractivity contribution in [3.63, 3.8) is 0 Å². The zero-order valence-corrected chi connectivity index (χ0v) is 11.9. The molecular weight excluding hydrogens is 311 g/mol. The highest BCUT2D eigenvalue weighted by molar-refractivity contribution is 5.94. The summed E-state index contributed by atoms with van der Waals surface area (Å²) in [4.78, 5) is 11.8. The lowest BCUT2D eigenvalue weighted by Crippen LogP contribution is -2.28. The number of hydrogen-bond donors (Lipinski definition) is 2. The van der Waals surface area contributed by atoms with E-state index in [9.17, 15) is 23.1 Å². The van der Waals surface area contributed by atoms with E-state index < -0.39 is 24.4 Å². The third-order valence-electron chi connectivity index (χ3n) is 3.03. The molecule has 122 valence electrons. The van der Waals surface area contributed by atoms with Crippen molar-refractivity contribution in [3.8, 4) is 5.75 Å². The lowest BCUT2D eigenvalue weighted by atomic mass is 10.1. The van der Waals surface area contributed by atoms with Gasteiger partial charge in [-0.15, -0.1) is 0 Å². The van der Waals surface area contributed by atoms with E-state index in [1.807, 2.05) is 0 Å². The molecule has 0 aliphatic heterocycles. The molecule has 0 bridgehead atoms. The minimum Gasteiger partial charge on any atom is -0.435 e. The highest BCUT2D eigenvalue weighted by Gasteiger charge is 2.13. The van der Waals surface area contributed by atoms with Gasteiger partial charge in [0.05, 0.1) is 6.10 Å². The first kappa shape index (κ1) is 16.8. The number of aliphatic hydroxyl groups excluding tert-OH is 1. The minimum absolute atomic E-state index is 0.0820. The number of nitrogens with one attached hydrogen (secondary N) is 1. The van der Waals surface area contributed by atoms with Crippen molar-refractivity contribution in [1.82, 2.24) is 5.32 Å². The average Bonchev–Trinajstić information content (AvgIpc) is 2.52. The van der Waals surface area contributed by atoms with Crippen LogP contribution in [0.2, 0.25) is 0 Å². The van der Waals surface area contributed by atoms with Crippen LogP contribution in [0.3, 0.4) is 0 Å². The number of benzene rings is 2. The Hall–Kier alpha value is -2.54.